The van der Waals surface area contributed by atoms with Crippen LogP contribution in [0.2, 0.25) is 0 Å². The lowest BCUT2D eigenvalue weighted by Crippen LogP contribution is -2.44. The highest BCUT2D eigenvalue weighted by atomic mass is 16.7. The van der Waals surface area contributed by atoms with E-state index in [-0.39, 0.29) is 29.2 Å². The zero-order chi connectivity index (χ0) is 29.1. The number of esters is 2. The van der Waals surface area contributed by atoms with Gasteiger partial charge in [-0.2, -0.15) is 0 Å². The zero-order valence-electron chi connectivity index (χ0n) is 23.9. The molecule has 2 aromatic rings. The van der Waals surface area contributed by atoms with Crippen molar-refractivity contribution in [3.63, 3.8) is 0 Å². The number of cyclic esters (lactones) is 1. The van der Waals surface area contributed by atoms with Gasteiger partial charge >= 0.3 is 11.9 Å². The van der Waals surface area contributed by atoms with Gasteiger partial charge in [0.25, 0.3) is 5.91 Å². The first kappa shape index (κ1) is 30.9. The van der Waals surface area contributed by atoms with E-state index in [1.165, 1.54) is 26.3 Å². The highest BCUT2D eigenvalue weighted by Crippen LogP contribution is 2.31. The number of nitrogens with zero attached hydrogens (tertiary/aromatic N) is 1. The normalized spacial score (nSPS) is 21.4. The van der Waals surface area contributed by atoms with Crippen LogP contribution in [0, 0.1) is 11.8 Å². The van der Waals surface area contributed by atoms with Crippen LogP contribution in [0.25, 0.3) is 0 Å². The molecule has 0 radical (unpaired) electrons. The smallest absolute Gasteiger partial charge is 0.328 e. The maximum absolute atomic E-state index is 13.3. The molecule has 2 heterocycles. The summed E-state index contributed by atoms with van der Waals surface area (Å²) in [7, 11) is 1.41. The second-order valence-corrected chi connectivity index (χ2v) is 10.3. The van der Waals surface area contributed by atoms with Crippen LogP contribution in [0.1, 0.15) is 63.0 Å². The molecule has 0 bridgehead atoms. The maximum Gasteiger partial charge on any atom is 0.328 e. The number of methoxy groups -OCH3 is 1. The van der Waals surface area contributed by atoms with E-state index in [0.29, 0.717) is 38.2 Å². The lowest BCUT2D eigenvalue weighted by atomic mass is 9.87. The fraction of sp³-hybridized carbons (Fsp3) is 0.533. The monoisotopic (exact) mass is 556 g/mol. The number of hydrogen-bond acceptors (Lipinski definition) is 9. The summed E-state index contributed by atoms with van der Waals surface area (Å²) in [4.78, 5) is 41.9. The highest BCUT2D eigenvalue weighted by Gasteiger charge is 2.35. The van der Waals surface area contributed by atoms with E-state index < -0.39 is 36.8 Å². The van der Waals surface area contributed by atoms with Gasteiger partial charge < -0.3 is 29.0 Å². The molecule has 1 aliphatic heterocycles. The van der Waals surface area contributed by atoms with Crippen molar-refractivity contribution in [3.05, 3.63) is 53.9 Å². The van der Waals surface area contributed by atoms with E-state index in [1.54, 1.807) is 0 Å². The van der Waals surface area contributed by atoms with Gasteiger partial charge in [-0.3, -0.25) is 9.59 Å². The Labute approximate surface area is 235 Å². The van der Waals surface area contributed by atoms with Gasteiger partial charge in [0.1, 0.15) is 12.1 Å². The number of ether oxygens (including phenoxy) is 5. The van der Waals surface area contributed by atoms with E-state index in [1.807, 2.05) is 25.1 Å². The Hall–Kier alpha value is -3.66. The van der Waals surface area contributed by atoms with Crippen LogP contribution >= 0.6 is 0 Å². The second kappa shape index (κ2) is 15.2. The molecule has 4 atom stereocenters. The van der Waals surface area contributed by atoms with Crippen molar-refractivity contribution < 1.29 is 38.1 Å². The molecule has 1 aromatic carbocycles. The second-order valence-electron chi connectivity index (χ2n) is 10.3. The number of pyridine rings is 1. The maximum atomic E-state index is 13.3. The first-order chi connectivity index (χ1) is 19.2. The third-order valence-corrected chi connectivity index (χ3v) is 6.68. The predicted molar refractivity (Wildman–Crippen MR) is 147 cm³/mol. The summed E-state index contributed by atoms with van der Waals surface area (Å²) >= 11 is 0. The van der Waals surface area contributed by atoms with Crippen LogP contribution in [0.5, 0.6) is 11.5 Å². The third kappa shape index (κ3) is 8.94. The summed E-state index contributed by atoms with van der Waals surface area (Å²) in [6.07, 6.45) is 3.26. The first-order valence-electron chi connectivity index (χ1n) is 13.7. The van der Waals surface area contributed by atoms with Crippen LogP contribution in [0.15, 0.2) is 42.6 Å². The Morgan fingerprint density at radius 2 is 1.90 bits per heavy atom. The third-order valence-electron chi connectivity index (χ3n) is 6.68. The van der Waals surface area contributed by atoms with E-state index >= 15 is 0 Å². The van der Waals surface area contributed by atoms with Gasteiger partial charge in [0.15, 0.2) is 17.2 Å². The van der Waals surface area contributed by atoms with Crippen molar-refractivity contribution in [2.24, 2.45) is 11.8 Å². The fourth-order valence-corrected chi connectivity index (χ4v) is 4.64. The number of amides is 1. The van der Waals surface area contributed by atoms with Crippen LogP contribution in [-0.2, 0) is 30.2 Å². The average Bonchev–Trinajstić information content (AvgIpc) is 2.97. The molecule has 10 heteroatoms. The summed E-state index contributed by atoms with van der Waals surface area (Å²) in [5.74, 6) is -1.17. The molecule has 1 aromatic heterocycles. The Morgan fingerprint density at radius 1 is 1.15 bits per heavy atom. The quantitative estimate of drug-likeness (QED) is 0.322. The van der Waals surface area contributed by atoms with E-state index in [2.05, 4.69) is 36.3 Å². The minimum absolute atomic E-state index is 0.00127. The Morgan fingerprint density at radius 3 is 2.58 bits per heavy atom. The summed E-state index contributed by atoms with van der Waals surface area (Å²) in [5, 5.41) is 2.76. The molecular weight excluding hydrogens is 516 g/mol. The number of carbonyl (C=O) groups excluding carboxylic acids is 3. The first-order valence-corrected chi connectivity index (χ1v) is 13.7. The summed E-state index contributed by atoms with van der Waals surface area (Å²) in [6.45, 7) is 7.51. The van der Waals surface area contributed by atoms with Crippen molar-refractivity contribution in [1.82, 2.24) is 10.3 Å². The van der Waals surface area contributed by atoms with Crippen molar-refractivity contribution in [1.29, 1.82) is 0 Å². The lowest BCUT2D eigenvalue weighted by Gasteiger charge is -2.32. The molecule has 1 saturated heterocycles. The van der Waals surface area contributed by atoms with E-state index in [0.717, 1.165) is 5.56 Å². The van der Waals surface area contributed by atoms with Crippen LogP contribution in [0.3, 0.4) is 0 Å². The van der Waals surface area contributed by atoms with Crippen LogP contribution in [0.4, 0.5) is 0 Å². The summed E-state index contributed by atoms with van der Waals surface area (Å²) in [6, 6.07) is 10.7. The Bertz CT molecular complexity index is 1120. The predicted octanol–water partition coefficient (Wildman–Crippen LogP) is 4.10. The SMILES string of the molecule is COc1ccnc(C(=O)N[C@H]2CCC[C@H](OCC(C)C)[C@@H](Cc3ccccc3)[C@H](C)OC2=O)c1OCOC(C)=O. The van der Waals surface area contributed by atoms with Crippen molar-refractivity contribution >= 4 is 17.8 Å². The molecule has 1 aliphatic rings. The van der Waals surface area contributed by atoms with Gasteiger partial charge in [0.2, 0.25) is 6.79 Å². The number of benzene rings is 1. The molecular formula is C30H40N2O8. The molecule has 40 heavy (non-hydrogen) atoms. The molecule has 0 aliphatic carbocycles. The van der Waals surface area contributed by atoms with Crippen molar-refractivity contribution in [2.75, 3.05) is 20.5 Å². The minimum atomic E-state index is -0.898. The highest BCUT2D eigenvalue weighted by molar-refractivity contribution is 5.98. The van der Waals surface area contributed by atoms with Crippen molar-refractivity contribution in [2.45, 2.75) is 71.6 Å². The van der Waals surface area contributed by atoms with Gasteiger partial charge in [-0.15, -0.1) is 0 Å². The van der Waals surface area contributed by atoms with Crippen molar-refractivity contribution in [3.8, 4) is 11.5 Å². The topological polar surface area (TPSA) is 122 Å². The Kier molecular flexibility index (Phi) is 11.7. The molecule has 218 valence electrons. The molecule has 10 nitrogen and oxygen atoms in total. The minimum Gasteiger partial charge on any atom is -0.493 e. The molecule has 0 unspecified atom stereocenters. The number of carbonyl (C=O) groups is 3. The number of nitrogens with one attached hydrogen (secondary N) is 1. The van der Waals surface area contributed by atoms with Gasteiger partial charge in [-0.25, -0.2) is 9.78 Å². The van der Waals surface area contributed by atoms with Crippen LogP contribution < -0.4 is 14.8 Å². The van der Waals surface area contributed by atoms with Crippen LogP contribution in [-0.4, -0.2) is 61.6 Å². The summed E-state index contributed by atoms with van der Waals surface area (Å²) in [5.41, 5.74) is 1.04. The molecule has 0 saturated carbocycles. The molecule has 3 rings (SSSR count). The molecule has 0 spiro atoms. The number of rotatable bonds is 11. The van der Waals surface area contributed by atoms with Gasteiger partial charge in [0, 0.05) is 31.7 Å². The average molecular weight is 557 g/mol. The Balaban J connectivity index is 1.79. The van der Waals surface area contributed by atoms with Gasteiger partial charge in [-0.1, -0.05) is 44.2 Å². The van der Waals surface area contributed by atoms with Gasteiger partial charge in [0.05, 0.1) is 13.2 Å². The summed E-state index contributed by atoms with van der Waals surface area (Å²) < 4.78 is 27.9. The van der Waals surface area contributed by atoms with E-state index in [9.17, 15) is 14.4 Å². The van der Waals surface area contributed by atoms with E-state index in [4.69, 9.17) is 23.7 Å². The van der Waals surface area contributed by atoms with Gasteiger partial charge in [-0.05, 0) is 44.1 Å². The molecule has 1 fully saturated rings. The molecule has 1 amide bonds. The number of aromatic nitrogens is 1. The zero-order valence-corrected chi connectivity index (χ0v) is 23.9. The standard InChI is InChI=1S/C30H40N2O8/c1-19(2)17-37-25-13-9-12-24(30(35)40-20(3)23(25)16-22-10-7-6-8-11-22)32-29(34)27-28(39-18-38-21(4)33)26(36-5)14-15-31-27/h6-8,10-11,14-15,19-20,23-25H,9,12-13,16-18H2,1-5H3,(H,32,34)/t20-,23-,24-,25-/m0/s1. The number of hydrogen-bond donors (Lipinski definition) is 1. The largest absolute Gasteiger partial charge is 0.493 e. The molecule has 1 N–H and O–H groups in total. The fourth-order valence-electron chi connectivity index (χ4n) is 4.64. The lowest BCUT2D eigenvalue weighted by molar-refractivity contribution is -0.156.